The fraction of sp³-hybridized carbons (Fsp3) is 0.125. The predicted octanol–water partition coefficient (Wildman–Crippen LogP) is 4.78. The van der Waals surface area contributed by atoms with Gasteiger partial charge < -0.3 is 5.11 Å². The molecule has 0 aliphatic carbocycles. The highest BCUT2D eigenvalue weighted by Gasteiger charge is 2.18. The lowest BCUT2D eigenvalue weighted by atomic mass is 10.0. The molecule has 0 spiro atoms. The van der Waals surface area contributed by atoms with Gasteiger partial charge in [0.2, 0.25) is 0 Å². The van der Waals surface area contributed by atoms with E-state index in [0.29, 0.717) is 13.0 Å². The Morgan fingerprint density at radius 2 is 1.52 bits per heavy atom. The van der Waals surface area contributed by atoms with Crippen LogP contribution >= 0.6 is 0 Å². The van der Waals surface area contributed by atoms with Gasteiger partial charge in [0.1, 0.15) is 6.04 Å². The normalized spacial score (nSPS) is 12.3. The Bertz CT molecular complexity index is 1100. The minimum Gasteiger partial charge on any atom is -0.480 e. The molecule has 2 N–H and O–H groups in total. The van der Waals surface area contributed by atoms with Crippen molar-refractivity contribution in [1.29, 1.82) is 0 Å². The van der Waals surface area contributed by atoms with Gasteiger partial charge in [-0.15, -0.1) is 0 Å². The van der Waals surface area contributed by atoms with Crippen molar-refractivity contribution in [3.63, 3.8) is 0 Å². The van der Waals surface area contributed by atoms with Crippen LogP contribution in [0.5, 0.6) is 0 Å². The molecule has 0 aliphatic rings. The minimum absolute atomic E-state index is 0.449. The molecule has 0 aromatic heterocycles. The van der Waals surface area contributed by atoms with Crippen LogP contribution in [0.15, 0.2) is 84.9 Å². The van der Waals surface area contributed by atoms with Crippen LogP contribution in [-0.4, -0.2) is 17.1 Å². The first-order valence-corrected chi connectivity index (χ1v) is 9.11. The third-order valence-electron chi connectivity index (χ3n) is 4.97. The van der Waals surface area contributed by atoms with Crippen LogP contribution in [0.25, 0.3) is 21.5 Å². The van der Waals surface area contributed by atoms with E-state index < -0.39 is 12.0 Å². The minimum atomic E-state index is -0.830. The van der Waals surface area contributed by atoms with Crippen molar-refractivity contribution in [2.75, 3.05) is 0 Å². The maximum absolute atomic E-state index is 11.8. The van der Waals surface area contributed by atoms with Gasteiger partial charge in [-0.3, -0.25) is 10.1 Å². The first-order chi connectivity index (χ1) is 13.2. The Hall–Kier alpha value is -3.17. The number of hydrogen-bond donors (Lipinski definition) is 2. The van der Waals surface area contributed by atoms with Crippen LogP contribution in [0.1, 0.15) is 11.1 Å². The molecule has 0 amide bonds. The smallest absolute Gasteiger partial charge is 0.321 e. The van der Waals surface area contributed by atoms with Gasteiger partial charge in [0, 0.05) is 6.54 Å². The highest BCUT2D eigenvalue weighted by Crippen LogP contribution is 2.19. The zero-order valence-corrected chi connectivity index (χ0v) is 14.9. The number of hydrogen-bond acceptors (Lipinski definition) is 2. The number of carbonyl (C=O) groups is 1. The highest BCUT2D eigenvalue weighted by atomic mass is 16.4. The molecule has 1 atom stereocenters. The van der Waals surface area contributed by atoms with Crippen molar-refractivity contribution in [2.24, 2.45) is 0 Å². The molecule has 3 nitrogen and oxygen atoms in total. The molecule has 4 rings (SSSR count). The summed E-state index contributed by atoms with van der Waals surface area (Å²) in [5.41, 5.74) is 2.13. The first kappa shape index (κ1) is 17.3. The largest absolute Gasteiger partial charge is 0.480 e. The third kappa shape index (κ3) is 3.83. The molecule has 0 aliphatic heterocycles. The molecular formula is C24H21NO2. The molecule has 0 radical (unpaired) electrons. The molecule has 4 aromatic rings. The molecule has 0 unspecified atom stereocenters. The van der Waals surface area contributed by atoms with Gasteiger partial charge in [-0.25, -0.2) is 0 Å². The van der Waals surface area contributed by atoms with Crippen molar-refractivity contribution >= 4 is 27.5 Å². The summed E-state index contributed by atoms with van der Waals surface area (Å²) in [6.07, 6.45) is 0.449. The summed E-state index contributed by atoms with van der Waals surface area (Å²) in [6.45, 7) is 0.520. The van der Waals surface area contributed by atoms with E-state index in [4.69, 9.17) is 0 Å². The molecule has 0 fully saturated rings. The maximum atomic E-state index is 11.8. The molecule has 27 heavy (non-hydrogen) atoms. The van der Waals surface area contributed by atoms with E-state index >= 15 is 0 Å². The van der Waals surface area contributed by atoms with Gasteiger partial charge in [-0.1, -0.05) is 84.9 Å². The second-order valence-corrected chi connectivity index (χ2v) is 6.80. The molecule has 0 bridgehead atoms. The molecule has 3 heteroatoms. The summed E-state index contributed by atoms with van der Waals surface area (Å²) >= 11 is 0. The molecule has 134 valence electrons. The number of carboxylic acid groups (broad SMARTS) is 1. The van der Waals surface area contributed by atoms with E-state index in [1.54, 1.807) is 0 Å². The van der Waals surface area contributed by atoms with Gasteiger partial charge >= 0.3 is 5.97 Å². The Labute approximate surface area is 158 Å². The maximum Gasteiger partial charge on any atom is 0.321 e. The Morgan fingerprint density at radius 1 is 0.815 bits per heavy atom. The van der Waals surface area contributed by atoms with Crippen LogP contribution in [0.2, 0.25) is 0 Å². The lowest BCUT2D eigenvalue weighted by molar-refractivity contribution is -0.139. The average molecular weight is 355 g/mol. The van der Waals surface area contributed by atoms with E-state index in [1.807, 2.05) is 48.5 Å². The van der Waals surface area contributed by atoms with Crippen molar-refractivity contribution in [3.05, 3.63) is 96.1 Å². The summed E-state index contributed by atoms with van der Waals surface area (Å²) in [7, 11) is 0. The van der Waals surface area contributed by atoms with E-state index in [-0.39, 0.29) is 0 Å². The van der Waals surface area contributed by atoms with Gasteiger partial charge in [-0.2, -0.15) is 0 Å². The summed E-state index contributed by atoms with van der Waals surface area (Å²) in [6, 6.07) is 27.9. The Kier molecular flexibility index (Phi) is 4.86. The van der Waals surface area contributed by atoms with Crippen LogP contribution in [0.4, 0.5) is 0 Å². The van der Waals surface area contributed by atoms with Crippen molar-refractivity contribution in [1.82, 2.24) is 5.32 Å². The van der Waals surface area contributed by atoms with Crippen LogP contribution in [0, 0.1) is 0 Å². The van der Waals surface area contributed by atoms with Crippen molar-refractivity contribution in [3.8, 4) is 0 Å². The van der Waals surface area contributed by atoms with Crippen LogP contribution in [-0.2, 0) is 17.8 Å². The number of nitrogens with one attached hydrogen (secondary N) is 1. The monoisotopic (exact) mass is 355 g/mol. The summed E-state index contributed by atoms with van der Waals surface area (Å²) < 4.78 is 0. The number of aliphatic carboxylic acids is 1. The number of fused-ring (bicyclic) bond motifs is 2. The predicted molar refractivity (Wildman–Crippen MR) is 110 cm³/mol. The van der Waals surface area contributed by atoms with E-state index in [2.05, 4.69) is 41.7 Å². The summed E-state index contributed by atoms with van der Waals surface area (Å²) in [5.74, 6) is -0.830. The quantitative estimate of drug-likeness (QED) is 0.523. The second kappa shape index (κ2) is 7.60. The molecule has 0 heterocycles. The number of carboxylic acids is 1. The van der Waals surface area contributed by atoms with E-state index in [1.165, 1.54) is 5.39 Å². The standard InChI is InChI=1S/C24H21NO2/c26-24(27)23(15-17-12-13-18-6-1-2-8-20(18)14-17)25-16-21-10-5-9-19-7-3-4-11-22(19)21/h1-14,23,25H,15-16H2,(H,26,27)/t23-/m0/s1. The summed E-state index contributed by atoms with van der Waals surface area (Å²) in [5, 5.41) is 17.5. The van der Waals surface area contributed by atoms with Crippen LogP contribution in [0.3, 0.4) is 0 Å². The Balaban J connectivity index is 1.53. The lowest BCUT2D eigenvalue weighted by Crippen LogP contribution is -2.38. The zero-order chi connectivity index (χ0) is 18.6. The van der Waals surface area contributed by atoms with E-state index in [0.717, 1.165) is 27.3 Å². The van der Waals surface area contributed by atoms with Crippen LogP contribution < -0.4 is 5.32 Å². The summed E-state index contributed by atoms with van der Waals surface area (Å²) in [4.78, 5) is 11.8. The number of benzene rings is 4. The highest BCUT2D eigenvalue weighted by molar-refractivity contribution is 5.86. The van der Waals surface area contributed by atoms with E-state index in [9.17, 15) is 9.90 Å². The van der Waals surface area contributed by atoms with Gasteiger partial charge in [0.05, 0.1) is 0 Å². The third-order valence-corrected chi connectivity index (χ3v) is 4.97. The zero-order valence-electron chi connectivity index (χ0n) is 14.9. The fourth-order valence-electron chi connectivity index (χ4n) is 3.53. The number of rotatable bonds is 6. The molecule has 4 aromatic carbocycles. The van der Waals surface area contributed by atoms with Gasteiger partial charge in [0.25, 0.3) is 0 Å². The topological polar surface area (TPSA) is 49.3 Å². The lowest BCUT2D eigenvalue weighted by Gasteiger charge is -2.16. The van der Waals surface area contributed by atoms with Gasteiger partial charge in [0.15, 0.2) is 0 Å². The molecule has 0 saturated carbocycles. The second-order valence-electron chi connectivity index (χ2n) is 6.80. The Morgan fingerprint density at radius 3 is 2.33 bits per heavy atom. The van der Waals surface area contributed by atoms with Gasteiger partial charge in [-0.05, 0) is 39.1 Å². The average Bonchev–Trinajstić information content (AvgIpc) is 2.70. The SMILES string of the molecule is O=C(O)[C@H](Cc1ccc2ccccc2c1)NCc1cccc2ccccc12. The van der Waals surface area contributed by atoms with Crippen molar-refractivity contribution < 1.29 is 9.90 Å². The first-order valence-electron chi connectivity index (χ1n) is 9.11. The molecular weight excluding hydrogens is 334 g/mol. The fourth-order valence-corrected chi connectivity index (χ4v) is 3.53. The molecule has 0 saturated heterocycles. The van der Waals surface area contributed by atoms with Crippen molar-refractivity contribution in [2.45, 2.75) is 19.0 Å².